The summed E-state index contributed by atoms with van der Waals surface area (Å²) in [7, 11) is 0. The van der Waals surface area contributed by atoms with Gasteiger partial charge in [0.2, 0.25) is 0 Å². The van der Waals surface area contributed by atoms with Crippen LogP contribution in [0.3, 0.4) is 0 Å². The molecule has 2 N–H and O–H groups in total. The second-order valence-electron chi connectivity index (χ2n) is 6.12. The van der Waals surface area contributed by atoms with Crippen LogP contribution in [0.2, 0.25) is 0 Å². The van der Waals surface area contributed by atoms with E-state index in [4.69, 9.17) is 4.42 Å². The van der Waals surface area contributed by atoms with Gasteiger partial charge in [0, 0.05) is 10.0 Å². The van der Waals surface area contributed by atoms with Gasteiger partial charge in [-0.15, -0.1) is 0 Å². The highest BCUT2D eigenvalue weighted by atomic mass is 79.9. The lowest BCUT2D eigenvalue weighted by molar-refractivity contribution is 0.0952. The monoisotopic (exact) mass is 434 g/mol. The molecule has 4 rings (SSSR count). The molecule has 0 atom stereocenters. The van der Waals surface area contributed by atoms with E-state index < -0.39 is 5.91 Å². The number of halogens is 1. The minimum Gasteiger partial charge on any atom is -0.507 e. The molecule has 5 nitrogen and oxygen atoms in total. The third kappa shape index (κ3) is 3.82. The molecule has 0 aliphatic rings. The molecule has 0 saturated heterocycles. The number of nitrogens with one attached hydrogen (secondary N) is 1. The predicted molar refractivity (Wildman–Crippen MR) is 113 cm³/mol. The number of rotatable bonds is 4. The first-order valence-corrected chi connectivity index (χ1v) is 9.30. The second kappa shape index (κ2) is 7.70. The maximum Gasteiger partial charge on any atom is 0.275 e. The van der Waals surface area contributed by atoms with Gasteiger partial charge in [-0.1, -0.05) is 52.3 Å². The van der Waals surface area contributed by atoms with E-state index >= 15 is 0 Å². The minimum atomic E-state index is -0.501. The van der Waals surface area contributed by atoms with Gasteiger partial charge in [0.15, 0.2) is 0 Å². The van der Waals surface area contributed by atoms with Crippen molar-refractivity contribution in [2.24, 2.45) is 5.10 Å². The summed E-state index contributed by atoms with van der Waals surface area (Å²) in [5.74, 6) is 0.606. The number of furan rings is 1. The molecule has 28 heavy (non-hydrogen) atoms. The highest BCUT2D eigenvalue weighted by Crippen LogP contribution is 2.25. The molecule has 6 heteroatoms. The summed E-state index contributed by atoms with van der Waals surface area (Å²) < 4.78 is 6.70. The van der Waals surface area contributed by atoms with Crippen molar-refractivity contribution in [3.05, 3.63) is 88.6 Å². The number of fused-ring (bicyclic) bond motifs is 1. The van der Waals surface area contributed by atoms with Crippen LogP contribution in [0.15, 0.2) is 86.8 Å². The Hall–Kier alpha value is -3.38. The maximum absolute atomic E-state index is 12.3. The summed E-state index contributed by atoms with van der Waals surface area (Å²) in [6, 6.07) is 22.0. The van der Waals surface area contributed by atoms with Crippen molar-refractivity contribution in [1.82, 2.24) is 5.43 Å². The van der Waals surface area contributed by atoms with Crippen molar-refractivity contribution in [3.63, 3.8) is 0 Å². The van der Waals surface area contributed by atoms with Crippen LogP contribution in [0, 0.1) is 0 Å². The first-order valence-electron chi connectivity index (χ1n) is 8.51. The number of hydrazone groups is 1. The Morgan fingerprint density at radius 3 is 2.46 bits per heavy atom. The first kappa shape index (κ1) is 18.0. The van der Waals surface area contributed by atoms with Gasteiger partial charge in [-0.05, 0) is 47.2 Å². The van der Waals surface area contributed by atoms with Crippen molar-refractivity contribution in [3.8, 4) is 17.1 Å². The predicted octanol–water partition coefficient (Wildman–Crippen LogP) is 5.33. The molecule has 1 aromatic heterocycles. The number of nitrogens with zero attached hydrogens (tertiary/aromatic N) is 1. The summed E-state index contributed by atoms with van der Waals surface area (Å²) in [6.07, 6.45) is 1.42. The Morgan fingerprint density at radius 2 is 1.71 bits per heavy atom. The first-order chi connectivity index (χ1) is 13.6. The highest BCUT2D eigenvalue weighted by molar-refractivity contribution is 9.10. The van der Waals surface area contributed by atoms with E-state index in [0.29, 0.717) is 11.5 Å². The minimum absolute atomic E-state index is 0.0954. The van der Waals surface area contributed by atoms with Crippen LogP contribution in [-0.4, -0.2) is 17.2 Å². The lowest BCUT2D eigenvalue weighted by Crippen LogP contribution is -2.17. The van der Waals surface area contributed by atoms with E-state index in [1.807, 2.05) is 54.6 Å². The molecule has 0 fully saturated rings. The molecule has 0 aliphatic carbocycles. The van der Waals surface area contributed by atoms with Gasteiger partial charge in [-0.25, -0.2) is 5.43 Å². The van der Waals surface area contributed by atoms with E-state index in [1.165, 1.54) is 6.21 Å². The molecule has 0 bridgehead atoms. The maximum atomic E-state index is 12.3. The Morgan fingerprint density at radius 1 is 1.00 bits per heavy atom. The fraction of sp³-hybridized carbons (Fsp3) is 0. The number of carbonyl (C=O) groups excluding carboxylic acids is 1. The van der Waals surface area contributed by atoms with E-state index in [-0.39, 0.29) is 11.3 Å². The van der Waals surface area contributed by atoms with Crippen molar-refractivity contribution < 1.29 is 14.3 Å². The molecule has 0 saturated carbocycles. The number of benzene rings is 3. The Balaban J connectivity index is 1.47. The SMILES string of the molecule is O=C(N/N=C\c1ccc(-c2ccc(Br)cc2)o1)c1cc2ccccc2cc1O. The standard InChI is InChI=1S/C22H15BrN2O3/c23-17-7-5-14(6-8-17)21-10-9-18(28-21)13-24-25-22(27)19-11-15-3-1-2-4-16(15)12-20(19)26/h1-13,26H,(H,25,27)/b24-13-. The van der Waals surface area contributed by atoms with Crippen molar-refractivity contribution in [2.75, 3.05) is 0 Å². The van der Waals surface area contributed by atoms with Gasteiger partial charge >= 0.3 is 0 Å². The number of phenols is 1. The summed E-state index contributed by atoms with van der Waals surface area (Å²) in [6.45, 7) is 0. The summed E-state index contributed by atoms with van der Waals surface area (Å²) in [4.78, 5) is 12.3. The third-order valence-electron chi connectivity index (χ3n) is 4.22. The molecule has 0 radical (unpaired) electrons. The molecular weight excluding hydrogens is 420 g/mol. The van der Waals surface area contributed by atoms with Gasteiger partial charge in [-0.3, -0.25) is 4.79 Å². The fourth-order valence-corrected chi connectivity index (χ4v) is 3.08. The van der Waals surface area contributed by atoms with Crippen LogP contribution < -0.4 is 5.43 Å². The van der Waals surface area contributed by atoms with Gasteiger partial charge in [0.25, 0.3) is 5.91 Å². The van der Waals surface area contributed by atoms with E-state index in [9.17, 15) is 9.90 Å². The molecule has 0 unspecified atom stereocenters. The quantitative estimate of drug-likeness (QED) is 0.336. The number of amides is 1. The number of phenolic OH excluding ortho intramolecular Hbond substituents is 1. The Bertz CT molecular complexity index is 1180. The van der Waals surface area contributed by atoms with Crippen LogP contribution in [0.4, 0.5) is 0 Å². The Kier molecular flexibility index (Phi) is 4.95. The molecule has 0 aliphatic heterocycles. The average Bonchev–Trinajstić information content (AvgIpc) is 3.17. The van der Waals surface area contributed by atoms with E-state index in [2.05, 4.69) is 26.5 Å². The van der Waals surface area contributed by atoms with Gasteiger partial charge in [0.05, 0.1) is 11.8 Å². The molecule has 1 heterocycles. The largest absolute Gasteiger partial charge is 0.507 e. The molecule has 138 valence electrons. The lowest BCUT2D eigenvalue weighted by atomic mass is 10.1. The molecular formula is C22H15BrN2O3. The highest BCUT2D eigenvalue weighted by Gasteiger charge is 2.12. The smallest absolute Gasteiger partial charge is 0.275 e. The fourth-order valence-electron chi connectivity index (χ4n) is 2.82. The zero-order valence-electron chi connectivity index (χ0n) is 14.6. The van der Waals surface area contributed by atoms with Crippen LogP contribution in [0.25, 0.3) is 22.1 Å². The zero-order chi connectivity index (χ0) is 19.5. The lowest BCUT2D eigenvalue weighted by Gasteiger charge is -2.05. The number of carbonyl (C=O) groups is 1. The number of aromatic hydroxyl groups is 1. The van der Waals surface area contributed by atoms with Gasteiger partial charge in [0.1, 0.15) is 17.3 Å². The van der Waals surface area contributed by atoms with E-state index in [0.717, 1.165) is 20.8 Å². The summed E-state index contributed by atoms with van der Waals surface area (Å²) in [5.41, 5.74) is 3.51. The molecule has 1 amide bonds. The van der Waals surface area contributed by atoms with Crippen LogP contribution >= 0.6 is 15.9 Å². The van der Waals surface area contributed by atoms with E-state index in [1.54, 1.807) is 18.2 Å². The number of hydrogen-bond acceptors (Lipinski definition) is 4. The second-order valence-corrected chi connectivity index (χ2v) is 7.04. The molecule has 0 spiro atoms. The van der Waals surface area contributed by atoms with Gasteiger partial charge in [-0.2, -0.15) is 5.10 Å². The molecule has 3 aromatic carbocycles. The van der Waals surface area contributed by atoms with Crippen LogP contribution in [-0.2, 0) is 0 Å². The Labute approximate surface area is 169 Å². The van der Waals surface area contributed by atoms with Crippen LogP contribution in [0.1, 0.15) is 16.1 Å². The normalized spacial score (nSPS) is 11.2. The third-order valence-corrected chi connectivity index (χ3v) is 4.75. The summed E-state index contributed by atoms with van der Waals surface area (Å²) >= 11 is 3.40. The number of hydrogen-bond donors (Lipinski definition) is 2. The topological polar surface area (TPSA) is 74.8 Å². The summed E-state index contributed by atoms with van der Waals surface area (Å²) in [5, 5.41) is 15.8. The van der Waals surface area contributed by atoms with Gasteiger partial charge < -0.3 is 9.52 Å². The van der Waals surface area contributed by atoms with Crippen molar-refractivity contribution in [1.29, 1.82) is 0 Å². The van der Waals surface area contributed by atoms with Crippen molar-refractivity contribution >= 4 is 38.8 Å². The van der Waals surface area contributed by atoms with Crippen LogP contribution in [0.5, 0.6) is 5.75 Å². The zero-order valence-corrected chi connectivity index (χ0v) is 16.2. The molecule has 4 aromatic rings. The van der Waals surface area contributed by atoms with Crippen molar-refractivity contribution in [2.45, 2.75) is 0 Å². The average molecular weight is 435 g/mol.